The highest BCUT2D eigenvalue weighted by Gasteiger charge is 2.05. The van der Waals surface area contributed by atoms with E-state index in [0.29, 0.717) is 17.7 Å². The van der Waals surface area contributed by atoms with Gasteiger partial charge in [-0.3, -0.25) is 4.79 Å². The first-order chi connectivity index (χ1) is 7.81. The molecule has 0 fully saturated rings. The Bertz CT molecular complexity index is 514. The van der Waals surface area contributed by atoms with Gasteiger partial charge in [-0.2, -0.15) is 0 Å². The fourth-order valence-corrected chi connectivity index (χ4v) is 1.40. The number of carbonyl (C=O) groups is 1. The van der Waals surface area contributed by atoms with Crippen LogP contribution in [0.3, 0.4) is 0 Å². The number of rotatable bonds is 3. The van der Waals surface area contributed by atoms with Crippen molar-refractivity contribution < 1.29 is 4.79 Å². The molecule has 0 aliphatic rings. The molecule has 16 heavy (non-hydrogen) atoms. The van der Waals surface area contributed by atoms with E-state index in [0.717, 1.165) is 5.56 Å². The molecule has 0 unspecified atom stereocenters. The van der Waals surface area contributed by atoms with E-state index in [9.17, 15) is 4.79 Å². The topological polar surface area (TPSA) is 47.8 Å². The van der Waals surface area contributed by atoms with Gasteiger partial charge in [-0.25, -0.2) is 4.68 Å². The van der Waals surface area contributed by atoms with E-state index in [-0.39, 0.29) is 0 Å². The van der Waals surface area contributed by atoms with E-state index in [4.69, 9.17) is 0 Å². The fraction of sp³-hybridized carbons (Fsp3) is 0.0833. The van der Waals surface area contributed by atoms with Gasteiger partial charge in [0.1, 0.15) is 0 Å². The Morgan fingerprint density at radius 3 is 2.62 bits per heavy atom. The third-order valence-corrected chi connectivity index (χ3v) is 2.24. The number of hydrogen-bond donors (Lipinski definition) is 0. The van der Waals surface area contributed by atoms with E-state index in [1.807, 2.05) is 42.5 Å². The molecular formula is C12H11N3O. The van der Waals surface area contributed by atoms with Crippen molar-refractivity contribution in [3.63, 3.8) is 0 Å². The maximum atomic E-state index is 10.7. The minimum Gasteiger partial charge on any atom is -0.296 e. The quantitative estimate of drug-likeness (QED) is 0.730. The van der Waals surface area contributed by atoms with Gasteiger partial charge in [-0.1, -0.05) is 41.6 Å². The lowest BCUT2D eigenvalue weighted by Gasteiger charge is -1.94. The van der Waals surface area contributed by atoms with Gasteiger partial charge in [0, 0.05) is 7.05 Å². The molecule has 0 N–H and O–H groups in total. The van der Waals surface area contributed by atoms with Crippen molar-refractivity contribution in [3.05, 3.63) is 47.3 Å². The molecule has 1 aromatic heterocycles. The number of benzene rings is 1. The third-order valence-electron chi connectivity index (χ3n) is 2.24. The number of aryl methyl sites for hydroxylation is 1. The molecule has 1 heterocycles. The monoisotopic (exact) mass is 213 g/mol. The van der Waals surface area contributed by atoms with Gasteiger partial charge in [-0.05, 0) is 11.6 Å². The molecule has 2 aromatic rings. The highest BCUT2D eigenvalue weighted by atomic mass is 16.1. The lowest BCUT2D eigenvalue weighted by Crippen LogP contribution is -1.94. The Labute approximate surface area is 93.2 Å². The smallest absolute Gasteiger partial charge is 0.172 e. The van der Waals surface area contributed by atoms with Crippen LogP contribution in [0, 0.1) is 0 Å². The number of carbonyl (C=O) groups excluding carboxylic acids is 1. The summed E-state index contributed by atoms with van der Waals surface area (Å²) in [5.41, 5.74) is 2.13. The van der Waals surface area contributed by atoms with Crippen LogP contribution in [-0.4, -0.2) is 21.3 Å². The van der Waals surface area contributed by atoms with Gasteiger partial charge >= 0.3 is 0 Å². The molecule has 80 valence electrons. The summed E-state index contributed by atoms with van der Waals surface area (Å²) in [7, 11) is 1.75. The summed E-state index contributed by atoms with van der Waals surface area (Å²) in [5.74, 6) is 0. The van der Waals surface area contributed by atoms with Crippen molar-refractivity contribution in [2.45, 2.75) is 0 Å². The van der Waals surface area contributed by atoms with Crippen LogP contribution >= 0.6 is 0 Å². The van der Waals surface area contributed by atoms with Crippen molar-refractivity contribution in [1.82, 2.24) is 15.0 Å². The largest absolute Gasteiger partial charge is 0.296 e. The maximum absolute atomic E-state index is 10.7. The van der Waals surface area contributed by atoms with Crippen LogP contribution in [0.2, 0.25) is 0 Å². The number of aldehydes is 1. The molecule has 0 amide bonds. The molecule has 0 aliphatic heterocycles. The van der Waals surface area contributed by atoms with Gasteiger partial charge in [0.15, 0.2) is 12.0 Å². The highest BCUT2D eigenvalue weighted by molar-refractivity contribution is 5.81. The first-order valence-electron chi connectivity index (χ1n) is 4.89. The summed E-state index contributed by atoms with van der Waals surface area (Å²) in [6, 6.07) is 9.85. The summed E-state index contributed by atoms with van der Waals surface area (Å²) in [6.45, 7) is 0. The lowest BCUT2D eigenvalue weighted by atomic mass is 10.2. The summed E-state index contributed by atoms with van der Waals surface area (Å²) < 4.78 is 1.57. The number of nitrogens with zero attached hydrogens (tertiary/aromatic N) is 3. The van der Waals surface area contributed by atoms with Crippen molar-refractivity contribution >= 4 is 18.4 Å². The zero-order chi connectivity index (χ0) is 11.4. The number of hydrogen-bond acceptors (Lipinski definition) is 3. The molecular weight excluding hydrogens is 202 g/mol. The Kier molecular flexibility index (Phi) is 2.91. The standard InChI is InChI=1S/C12H11N3O/c1-15-12(11(9-16)13-14-15)8-7-10-5-3-2-4-6-10/h2-9H,1H3/b8-7+. The summed E-state index contributed by atoms with van der Waals surface area (Å²) >= 11 is 0. The van der Waals surface area contributed by atoms with E-state index < -0.39 is 0 Å². The Morgan fingerprint density at radius 1 is 1.19 bits per heavy atom. The molecule has 0 saturated heterocycles. The van der Waals surface area contributed by atoms with Gasteiger partial charge in [0.05, 0.1) is 5.69 Å². The van der Waals surface area contributed by atoms with E-state index in [1.165, 1.54) is 0 Å². The zero-order valence-corrected chi connectivity index (χ0v) is 8.87. The SMILES string of the molecule is Cn1nnc(C=O)c1/C=C/c1ccccc1. The average molecular weight is 213 g/mol. The highest BCUT2D eigenvalue weighted by Crippen LogP contribution is 2.08. The van der Waals surface area contributed by atoms with E-state index in [2.05, 4.69) is 10.3 Å². The van der Waals surface area contributed by atoms with Gasteiger partial charge in [-0.15, -0.1) is 5.10 Å². The minimum absolute atomic E-state index is 0.356. The minimum atomic E-state index is 0.356. The molecule has 4 heteroatoms. The van der Waals surface area contributed by atoms with Crippen LogP contribution in [0.1, 0.15) is 21.7 Å². The predicted molar refractivity (Wildman–Crippen MR) is 61.8 cm³/mol. The Hall–Kier alpha value is -2.23. The Morgan fingerprint density at radius 2 is 1.94 bits per heavy atom. The first-order valence-corrected chi connectivity index (χ1v) is 4.89. The zero-order valence-electron chi connectivity index (χ0n) is 8.87. The normalized spacial score (nSPS) is 10.8. The lowest BCUT2D eigenvalue weighted by molar-refractivity contribution is 0.111. The summed E-state index contributed by atoms with van der Waals surface area (Å²) in [6.07, 6.45) is 4.46. The van der Waals surface area contributed by atoms with E-state index in [1.54, 1.807) is 11.7 Å². The van der Waals surface area contributed by atoms with E-state index >= 15 is 0 Å². The molecule has 0 bridgehead atoms. The molecule has 0 atom stereocenters. The van der Waals surface area contributed by atoms with Gasteiger partial charge < -0.3 is 0 Å². The second kappa shape index (κ2) is 4.53. The van der Waals surface area contributed by atoms with Gasteiger partial charge in [0.2, 0.25) is 0 Å². The number of aromatic nitrogens is 3. The van der Waals surface area contributed by atoms with Crippen molar-refractivity contribution in [3.8, 4) is 0 Å². The molecule has 0 aliphatic carbocycles. The predicted octanol–water partition coefficient (Wildman–Crippen LogP) is 1.80. The third kappa shape index (κ3) is 2.06. The molecule has 0 saturated carbocycles. The molecule has 0 radical (unpaired) electrons. The van der Waals surface area contributed by atoms with Crippen molar-refractivity contribution in [1.29, 1.82) is 0 Å². The first kappa shape index (κ1) is 10.3. The molecule has 0 spiro atoms. The average Bonchev–Trinajstić information content (AvgIpc) is 2.69. The van der Waals surface area contributed by atoms with Crippen LogP contribution in [-0.2, 0) is 7.05 Å². The van der Waals surface area contributed by atoms with Crippen LogP contribution in [0.5, 0.6) is 0 Å². The fourth-order valence-electron chi connectivity index (χ4n) is 1.40. The second-order valence-corrected chi connectivity index (χ2v) is 3.35. The van der Waals surface area contributed by atoms with Crippen LogP contribution in [0.25, 0.3) is 12.2 Å². The summed E-state index contributed by atoms with van der Waals surface area (Å²) in [5, 5.41) is 7.52. The van der Waals surface area contributed by atoms with Crippen LogP contribution < -0.4 is 0 Å². The van der Waals surface area contributed by atoms with Crippen molar-refractivity contribution in [2.24, 2.45) is 7.05 Å². The van der Waals surface area contributed by atoms with Crippen molar-refractivity contribution in [2.75, 3.05) is 0 Å². The van der Waals surface area contributed by atoms with Crippen LogP contribution in [0.4, 0.5) is 0 Å². The van der Waals surface area contributed by atoms with Crippen LogP contribution in [0.15, 0.2) is 30.3 Å². The molecule has 1 aromatic carbocycles. The maximum Gasteiger partial charge on any atom is 0.172 e. The second-order valence-electron chi connectivity index (χ2n) is 3.35. The molecule has 2 rings (SSSR count). The Balaban J connectivity index is 2.30. The summed E-state index contributed by atoms with van der Waals surface area (Å²) in [4.78, 5) is 10.7. The van der Waals surface area contributed by atoms with Gasteiger partial charge in [0.25, 0.3) is 0 Å². The molecule has 4 nitrogen and oxygen atoms in total.